The summed E-state index contributed by atoms with van der Waals surface area (Å²) in [6.07, 6.45) is 2.14. The summed E-state index contributed by atoms with van der Waals surface area (Å²) >= 11 is 5.75. The smallest absolute Gasteiger partial charge is 0.203 e. The lowest BCUT2D eigenvalue weighted by Crippen LogP contribution is -2.49. The van der Waals surface area contributed by atoms with Crippen LogP contribution < -0.4 is 39.1 Å². The lowest BCUT2D eigenvalue weighted by atomic mass is 9.88. The first-order chi connectivity index (χ1) is 20.9. The van der Waals surface area contributed by atoms with Gasteiger partial charge in [0.05, 0.1) is 48.7 Å². The van der Waals surface area contributed by atoms with E-state index >= 15 is 0 Å². The number of nitrogens with one attached hydrogen (secondary N) is 2. The van der Waals surface area contributed by atoms with Gasteiger partial charge in [-0.1, -0.05) is 30.3 Å². The molecule has 43 heavy (non-hydrogen) atoms. The number of nitrogens with zero attached hydrogens (tertiary/aromatic N) is 1. The van der Waals surface area contributed by atoms with Gasteiger partial charge in [0, 0.05) is 25.3 Å². The fourth-order valence-electron chi connectivity index (χ4n) is 5.68. The number of ether oxygens (including phenoxy) is 6. The van der Waals surface area contributed by atoms with E-state index in [9.17, 15) is 0 Å². The molecule has 226 valence electrons. The minimum Gasteiger partial charge on any atom is -0.493 e. The van der Waals surface area contributed by atoms with Crippen LogP contribution in [0, 0.1) is 0 Å². The maximum absolute atomic E-state index is 5.75. The summed E-state index contributed by atoms with van der Waals surface area (Å²) in [5, 5.41) is 7.49. The van der Waals surface area contributed by atoms with Crippen LogP contribution in [0.15, 0.2) is 71.4 Å². The average molecular weight is 604 g/mol. The predicted octanol–water partition coefficient (Wildman–Crippen LogP) is 5.11. The van der Waals surface area contributed by atoms with Crippen LogP contribution in [0.3, 0.4) is 0 Å². The Morgan fingerprint density at radius 1 is 0.767 bits per heavy atom. The molecule has 0 amide bonds. The van der Waals surface area contributed by atoms with Gasteiger partial charge in [0.2, 0.25) is 11.5 Å². The second-order valence-electron chi connectivity index (χ2n) is 10.1. The van der Waals surface area contributed by atoms with Gasteiger partial charge < -0.3 is 39.1 Å². The van der Waals surface area contributed by atoms with Gasteiger partial charge >= 0.3 is 0 Å². The number of thiocarbonyl (C=S) groups is 1. The summed E-state index contributed by atoms with van der Waals surface area (Å²) in [7, 11) is 9.67. The first-order valence-corrected chi connectivity index (χ1v) is 14.2. The highest BCUT2D eigenvalue weighted by atomic mass is 32.1. The molecule has 0 spiro atoms. The summed E-state index contributed by atoms with van der Waals surface area (Å²) in [6, 6.07) is 18.1. The number of methoxy groups -OCH3 is 6. The summed E-state index contributed by atoms with van der Waals surface area (Å²) in [5.41, 5.74) is 6.29. The molecule has 9 nitrogen and oxygen atoms in total. The molecule has 0 saturated heterocycles. The van der Waals surface area contributed by atoms with Crippen molar-refractivity contribution in [2.45, 2.75) is 12.6 Å². The molecule has 0 aromatic heterocycles. The second-order valence-corrected chi connectivity index (χ2v) is 10.6. The van der Waals surface area contributed by atoms with Crippen LogP contribution in [0.2, 0.25) is 0 Å². The zero-order chi connectivity index (χ0) is 30.5. The van der Waals surface area contributed by atoms with E-state index in [2.05, 4.69) is 45.9 Å². The Balaban J connectivity index is 1.66. The Morgan fingerprint density at radius 3 is 1.86 bits per heavy atom. The molecule has 2 N–H and O–H groups in total. The zero-order valence-corrected chi connectivity index (χ0v) is 26.1. The Bertz CT molecular complexity index is 1510. The zero-order valence-electron chi connectivity index (χ0n) is 25.3. The van der Waals surface area contributed by atoms with Crippen molar-refractivity contribution in [1.29, 1.82) is 0 Å². The van der Waals surface area contributed by atoms with Gasteiger partial charge in [0.15, 0.2) is 28.1 Å². The molecular formula is C33H37N3O6S. The molecule has 1 atom stereocenters. The van der Waals surface area contributed by atoms with Gasteiger partial charge in [-0.15, -0.1) is 0 Å². The highest BCUT2D eigenvalue weighted by Crippen LogP contribution is 2.44. The quantitative estimate of drug-likeness (QED) is 0.305. The first-order valence-electron chi connectivity index (χ1n) is 13.8. The van der Waals surface area contributed by atoms with E-state index in [1.165, 1.54) is 5.56 Å². The van der Waals surface area contributed by atoms with Crippen molar-refractivity contribution in [3.05, 3.63) is 88.1 Å². The molecule has 1 unspecified atom stereocenters. The highest BCUT2D eigenvalue weighted by Gasteiger charge is 2.34. The van der Waals surface area contributed by atoms with Crippen molar-refractivity contribution >= 4 is 23.4 Å². The average Bonchev–Trinajstić information content (AvgIpc) is 3.03. The van der Waals surface area contributed by atoms with Crippen LogP contribution in [0.25, 0.3) is 6.08 Å². The number of rotatable bonds is 10. The van der Waals surface area contributed by atoms with Crippen molar-refractivity contribution in [3.63, 3.8) is 0 Å². The van der Waals surface area contributed by atoms with Crippen molar-refractivity contribution in [1.82, 2.24) is 15.5 Å². The third-order valence-electron chi connectivity index (χ3n) is 7.59. The molecule has 0 aliphatic carbocycles. The summed E-state index contributed by atoms with van der Waals surface area (Å²) < 4.78 is 33.8. The normalized spacial score (nSPS) is 17.5. The van der Waals surface area contributed by atoms with Gasteiger partial charge in [-0.25, -0.2) is 0 Å². The molecule has 3 aromatic rings. The van der Waals surface area contributed by atoms with Crippen molar-refractivity contribution < 1.29 is 28.4 Å². The monoisotopic (exact) mass is 603 g/mol. The van der Waals surface area contributed by atoms with Gasteiger partial charge in [-0.2, -0.15) is 0 Å². The standard InChI is InChI=1S/C33H37N3O6S/c1-37-25-13-21(14-26(38-2)31(25)41-5)12-23-18-36(17-20-10-8-7-9-11-20)19-24-29(34-33(43)35-30(23)24)22-15-27(39-3)32(42-6)28(16-22)40-4/h7-16,29H,17-19H2,1-6H3,(H2,34,35,43)/b23-12+. The SMILES string of the molecule is COc1cc(/C=C2\CN(Cc3ccccc3)CC3=C2NC(=S)NC3c2cc(OC)c(OC)c(OC)c2)cc(OC)c1OC. The summed E-state index contributed by atoms with van der Waals surface area (Å²) in [6.45, 7) is 2.18. The van der Waals surface area contributed by atoms with E-state index in [1.54, 1.807) is 42.7 Å². The maximum atomic E-state index is 5.75. The maximum Gasteiger partial charge on any atom is 0.203 e. The first kappa shape index (κ1) is 30.1. The summed E-state index contributed by atoms with van der Waals surface area (Å²) in [5.74, 6) is 3.42. The number of hydrogen-bond acceptors (Lipinski definition) is 8. The van der Waals surface area contributed by atoms with E-state index in [0.29, 0.717) is 52.7 Å². The third kappa shape index (κ3) is 6.21. The van der Waals surface area contributed by atoms with E-state index in [0.717, 1.165) is 34.5 Å². The van der Waals surface area contributed by atoms with Crippen molar-refractivity contribution in [2.24, 2.45) is 0 Å². The van der Waals surface area contributed by atoms with Gasteiger partial charge in [-0.3, -0.25) is 4.90 Å². The second kappa shape index (κ2) is 13.3. The molecule has 2 aliphatic heterocycles. The molecule has 5 rings (SSSR count). The Kier molecular flexibility index (Phi) is 9.27. The lowest BCUT2D eigenvalue weighted by molar-refractivity contribution is 0.292. The molecule has 0 saturated carbocycles. The molecule has 2 aliphatic rings. The molecular weight excluding hydrogens is 566 g/mol. The largest absolute Gasteiger partial charge is 0.493 e. The Hall–Kier alpha value is -4.41. The van der Waals surface area contributed by atoms with Crippen LogP contribution in [-0.2, 0) is 6.54 Å². The van der Waals surface area contributed by atoms with Crippen LogP contribution in [0.4, 0.5) is 0 Å². The minimum atomic E-state index is -0.237. The van der Waals surface area contributed by atoms with Crippen LogP contribution in [0.5, 0.6) is 34.5 Å². The van der Waals surface area contributed by atoms with Gasteiger partial charge in [0.25, 0.3) is 0 Å². The number of hydrogen-bond donors (Lipinski definition) is 2. The predicted molar refractivity (Wildman–Crippen MR) is 171 cm³/mol. The van der Waals surface area contributed by atoms with E-state index in [-0.39, 0.29) is 6.04 Å². The lowest BCUT2D eigenvalue weighted by Gasteiger charge is -2.40. The Morgan fingerprint density at radius 2 is 1.33 bits per heavy atom. The third-order valence-corrected chi connectivity index (χ3v) is 7.81. The van der Waals surface area contributed by atoms with E-state index < -0.39 is 0 Å². The van der Waals surface area contributed by atoms with Crippen LogP contribution in [0.1, 0.15) is 22.7 Å². The van der Waals surface area contributed by atoms with E-state index in [4.69, 9.17) is 40.6 Å². The summed E-state index contributed by atoms with van der Waals surface area (Å²) in [4.78, 5) is 2.42. The van der Waals surface area contributed by atoms with Crippen molar-refractivity contribution in [3.8, 4) is 34.5 Å². The van der Waals surface area contributed by atoms with Crippen LogP contribution >= 0.6 is 12.2 Å². The molecule has 0 radical (unpaired) electrons. The molecule has 10 heteroatoms. The fraction of sp³-hybridized carbons (Fsp3) is 0.303. The van der Waals surface area contributed by atoms with Crippen LogP contribution in [-0.4, -0.2) is 65.8 Å². The molecule has 3 aromatic carbocycles. The molecule has 0 fully saturated rings. The molecule has 0 bridgehead atoms. The highest BCUT2D eigenvalue weighted by molar-refractivity contribution is 7.80. The minimum absolute atomic E-state index is 0.237. The van der Waals surface area contributed by atoms with Gasteiger partial charge in [0.1, 0.15) is 0 Å². The molecule has 2 heterocycles. The fourth-order valence-corrected chi connectivity index (χ4v) is 5.90. The number of benzene rings is 3. The topological polar surface area (TPSA) is 82.7 Å². The van der Waals surface area contributed by atoms with Gasteiger partial charge in [-0.05, 0) is 70.4 Å². The van der Waals surface area contributed by atoms with Crippen molar-refractivity contribution in [2.75, 3.05) is 55.7 Å². The Labute approximate surface area is 258 Å². The van der Waals surface area contributed by atoms with E-state index in [1.807, 2.05) is 30.3 Å².